The zero-order valence-corrected chi connectivity index (χ0v) is 6.93. The van der Waals surface area contributed by atoms with Crippen LogP contribution < -0.4 is 0 Å². The molecule has 0 amide bonds. The molecule has 0 aliphatic rings. The minimum atomic E-state index is 0.408. The summed E-state index contributed by atoms with van der Waals surface area (Å²) in [5, 5.41) is 0.500. The van der Waals surface area contributed by atoms with Crippen LogP contribution in [0.4, 0.5) is 0 Å². The van der Waals surface area contributed by atoms with E-state index in [1.54, 1.807) is 6.20 Å². The molecule has 0 saturated carbocycles. The molecular weight excluding hydrogens is 162 g/mol. The van der Waals surface area contributed by atoms with Crippen molar-refractivity contribution in [3.8, 4) is 0 Å². The SMILES string of the molecule is Cc1cc(CC=O)cnc1Cl. The van der Waals surface area contributed by atoms with Crippen LogP contribution in [0.5, 0.6) is 0 Å². The predicted molar refractivity (Wildman–Crippen MR) is 43.8 cm³/mol. The molecule has 58 valence electrons. The van der Waals surface area contributed by atoms with E-state index in [2.05, 4.69) is 4.98 Å². The lowest BCUT2D eigenvalue weighted by molar-refractivity contribution is -0.107. The number of pyridine rings is 1. The molecule has 11 heavy (non-hydrogen) atoms. The molecule has 1 rings (SSSR count). The van der Waals surface area contributed by atoms with Crippen LogP contribution in [0.2, 0.25) is 5.15 Å². The summed E-state index contributed by atoms with van der Waals surface area (Å²) >= 11 is 5.68. The summed E-state index contributed by atoms with van der Waals surface area (Å²) in [5.41, 5.74) is 1.81. The Kier molecular flexibility index (Phi) is 2.60. The first-order valence-corrected chi connectivity index (χ1v) is 3.66. The largest absolute Gasteiger partial charge is 0.303 e. The van der Waals surface area contributed by atoms with Crippen LogP contribution >= 0.6 is 11.6 Å². The maximum absolute atomic E-state index is 10.1. The quantitative estimate of drug-likeness (QED) is 0.499. The van der Waals surface area contributed by atoms with Gasteiger partial charge in [-0.25, -0.2) is 4.98 Å². The van der Waals surface area contributed by atoms with Crippen molar-refractivity contribution in [2.75, 3.05) is 0 Å². The average Bonchev–Trinajstić information content (AvgIpc) is 1.98. The third-order valence-corrected chi connectivity index (χ3v) is 1.79. The zero-order valence-electron chi connectivity index (χ0n) is 6.17. The average molecular weight is 170 g/mol. The van der Waals surface area contributed by atoms with Crippen molar-refractivity contribution in [2.45, 2.75) is 13.3 Å². The van der Waals surface area contributed by atoms with Gasteiger partial charge in [-0.1, -0.05) is 17.7 Å². The predicted octanol–water partition coefficient (Wildman–Crippen LogP) is 1.78. The summed E-state index contributed by atoms with van der Waals surface area (Å²) < 4.78 is 0. The smallest absolute Gasteiger partial charge is 0.131 e. The molecule has 0 N–H and O–H groups in total. The number of carbonyl (C=O) groups is 1. The van der Waals surface area contributed by atoms with Gasteiger partial charge in [0.15, 0.2) is 0 Å². The van der Waals surface area contributed by atoms with Crippen LogP contribution in [0.3, 0.4) is 0 Å². The second-order valence-electron chi connectivity index (χ2n) is 2.32. The topological polar surface area (TPSA) is 30.0 Å². The number of carbonyl (C=O) groups excluding carboxylic acids is 1. The van der Waals surface area contributed by atoms with E-state index in [1.807, 2.05) is 13.0 Å². The number of hydrogen-bond donors (Lipinski definition) is 0. The van der Waals surface area contributed by atoms with Gasteiger partial charge in [-0.3, -0.25) is 0 Å². The minimum absolute atomic E-state index is 0.408. The molecule has 0 unspecified atom stereocenters. The molecular formula is C8H8ClNO. The van der Waals surface area contributed by atoms with Gasteiger partial charge < -0.3 is 4.79 Å². The first-order valence-electron chi connectivity index (χ1n) is 3.28. The van der Waals surface area contributed by atoms with Gasteiger partial charge in [-0.15, -0.1) is 0 Å². The van der Waals surface area contributed by atoms with Crippen LogP contribution in [-0.2, 0) is 11.2 Å². The number of aromatic nitrogens is 1. The fourth-order valence-corrected chi connectivity index (χ4v) is 0.928. The lowest BCUT2D eigenvalue weighted by Crippen LogP contribution is -1.89. The van der Waals surface area contributed by atoms with Gasteiger partial charge >= 0.3 is 0 Å². The van der Waals surface area contributed by atoms with E-state index in [1.165, 1.54) is 0 Å². The maximum atomic E-state index is 10.1. The van der Waals surface area contributed by atoms with Crippen molar-refractivity contribution < 1.29 is 4.79 Å². The van der Waals surface area contributed by atoms with E-state index in [9.17, 15) is 4.79 Å². The molecule has 2 nitrogen and oxygen atoms in total. The Labute approximate surface area is 70.2 Å². The van der Waals surface area contributed by atoms with E-state index in [4.69, 9.17) is 11.6 Å². The molecule has 0 spiro atoms. The normalized spacial score (nSPS) is 9.64. The van der Waals surface area contributed by atoms with E-state index in [0.29, 0.717) is 11.6 Å². The summed E-state index contributed by atoms with van der Waals surface area (Å²) in [6, 6.07) is 1.86. The molecule has 0 atom stereocenters. The molecule has 1 aromatic heterocycles. The Bertz CT molecular complexity index is 273. The molecule has 3 heteroatoms. The lowest BCUT2D eigenvalue weighted by Gasteiger charge is -1.98. The molecule has 1 aromatic rings. The van der Waals surface area contributed by atoms with Gasteiger partial charge in [0.25, 0.3) is 0 Å². The minimum Gasteiger partial charge on any atom is -0.303 e. The van der Waals surface area contributed by atoms with Crippen LogP contribution in [0.25, 0.3) is 0 Å². The molecule has 0 saturated heterocycles. The van der Waals surface area contributed by atoms with E-state index < -0.39 is 0 Å². The number of halogens is 1. The first kappa shape index (κ1) is 8.21. The molecule has 0 aromatic carbocycles. The third kappa shape index (κ3) is 2.02. The van der Waals surface area contributed by atoms with Gasteiger partial charge in [-0.2, -0.15) is 0 Å². The Balaban J connectivity index is 2.95. The van der Waals surface area contributed by atoms with Gasteiger partial charge in [0.2, 0.25) is 0 Å². The van der Waals surface area contributed by atoms with Crippen molar-refractivity contribution in [2.24, 2.45) is 0 Å². The second-order valence-corrected chi connectivity index (χ2v) is 2.68. The summed E-state index contributed by atoms with van der Waals surface area (Å²) in [5.74, 6) is 0. The summed E-state index contributed by atoms with van der Waals surface area (Å²) in [7, 11) is 0. The number of aldehydes is 1. The van der Waals surface area contributed by atoms with E-state index in [0.717, 1.165) is 17.4 Å². The molecule has 0 aliphatic heterocycles. The second kappa shape index (κ2) is 3.49. The van der Waals surface area contributed by atoms with Crippen LogP contribution in [0.15, 0.2) is 12.3 Å². The Hall–Kier alpha value is -0.890. The molecule has 1 heterocycles. The Morgan fingerprint density at radius 3 is 3.00 bits per heavy atom. The van der Waals surface area contributed by atoms with Crippen molar-refractivity contribution in [1.82, 2.24) is 4.98 Å². The number of rotatable bonds is 2. The van der Waals surface area contributed by atoms with E-state index in [-0.39, 0.29) is 0 Å². The molecule has 0 aliphatic carbocycles. The summed E-state index contributed by atoms with van der Waals surface area (Å²) in [4.78, 5) is 14.0. The highest BCUT2D eigenvalue weighted by Gasteiger charge is 1.97. The van der Waals surface area contributed by atoms with Gasteiger partial charge in [-0.05, 0) is 18.1 Å². The highest BCUT2D eigenvalue weighted by molar-refractivity contribution is 6.30. The van der Waals surface area contributed by atoms with Gasteiger partial charge in [0, 0.05) is 12.6 Å². The van der Waals surface area contributed by atoms with Crippen LogP contribution in [-0.4, -0.2) is 11.3 Å². The van der Waals surface area contributed by atoms with Crippen molar-refractivity contribution in [1.29, 1.82) is 0 Å². The van der Waals surface area contributed by atoms with Crippen LogP contribution in [0, 0.1) is 6.92 Å². The van der Waals surface area contributed by atoms with Gasteiger partial charge in [0.05, 0.1) is 0 Å². The van der Waals surface area contributed by atoms with Crippen LogP contribution in [0.1, 0.15) is 11.1 Å². The molecule has 0 bridgehead atoms. The summed E-state index contributed by atoms with van der Waals surface area (Å²) in [6.07, 6.45) is 2.87. The lowest BCUT2D eigenvalue weighted by atomic mass is 10.2. The fourth-order valence-electron chi connectivity index (χ4n) is 0.824. The molecule has 0 radical (unpaired) electrons. The monoisotopic (exact) mass is 169 g/mol. The third-order valence-electron chi connectivity index (χ3n) is 1.39. The fraction of sp³-hybridized carbons (Fsp3) is 0.250. The number of nitrogens with zero attached hydrogens (tertiary/aromatic N) is 1. The van der Waals surface area contributed by atoms with Gasteiger partial charge in [0.1, 0.15) is 11.4 Å². The first-order chi connectivity index (χ1) is 5.24. The highest BCUT2D eigenvalue weighted by atomic mass is 35.5. The molecule has 0 fully saturated rings. The maximum Gasteiger partial charge on any atom is 0.131 e. The Morgan fingerprint density at radius 1 is 1.73 bits per heavy atom. The standard InChI is InChI=1S/C8H8ClNO/c1-6-4-7(2-3-11)5-10-8(6)9/h3-5H,2H2,1H3. The van der Waals surface area contributed by atoms with Crippen molar-refractivity contribution in [3.05, 3.63) is 28.5 Å². The number of hydrogen-bond acceptors (Lipinski definition) is 2. The zero-order chi connectivity index (χ0) is 8.27. The van der Waals surface area contributed by atoms with Crippen molar-refractivity contribution >= 4 is 17.9 Å². The number of aryl methyl sites for hydroxylation is 1. The van der Waals surface area contributed by atoms with Crippen molar-refractivity contribution in [3.63, 3.8) is 0 Å². The Morgan fingerprint density at radius 2 is 2.45 bits per heavy atom. The summed E-state index contributed by atoms with van der Waals surface area (Å²) in [6.45, 7) is 1.86. The highest BCUT2D eigenvalue weighted by Crippen LogP contribution is 2.12. The van der Waals surface area contributed by atoms with E-state index >= 15 is 0 Å².